The standard InChI is InChI=1S/C27H34N8O/c1-19-16-35(25-7-6-20(13-28)26-22(25)5-4-8-32-26)18-21(36-19)17-33-9-11-34(12-10-33)27(30-3)23-14-31-15-24(23)29-2/h4-8,19,21,31H,3,9-12,14-18H2,1-2H3/b27-23+,29-24-/t19-,21+/m1/s1. The monoisotopic (exact) mass is 486 g/mol. The third kappa shape index (κ3) is 4.85. The van der Waals surface area contributed by atoms with Crippen LogP contribution in [0.1, 0.15) is 12.5 Å². The van der Waals surface area contributed by atoms with Gasteiger partial charge >= 0.3 is 0 Å². The highest BCUT2D eigenvalue weighted by Crippen LogP contribution is 2.30. The van der Waals surface area contributed by atoms with Crippen molar-refractivity contribution >= 4 is 29.0 Å². The number of pyridine rings is 1. The number of nitriles is 1. The molecule has 0 radical (unpaired) electrons. The predicted molar refractivity (Wildman–Crippen MR) is 144 cm³/mol. The largest absolute Gasteiger partial charge is 0.370 e. The molecule has 1 aromatic heterocycles. The molecule has 1 N–H and O–H groups in total. The maximum atomic E-state index is 9.51. The number of nitrogens with one attached hydrogen (secondary N) is 1. The van der Waals surface area contributed by atoms with E-state index in [1.54, 1.807) is 6.20 Å². The van der Waals surface area contributed by atoms with Gasteiger partial charge in [-0.15, -0.1) is 0 Å². The van der Waals surface area contributed by atoms with Crippen molar-refractivity contribution in [2.24, 2.45) is 9.98 Å². The summed E-state index contributed by atoms with van der Waals surface area (Å²) in [7, 11) is 1.84. The second kappa shape index (κ2) is 10.7. The third-order valence-corrected chi connectivity index (χ3v) is 7.30. The fraction of sp³-hybridized carbons (Fsp3) is 0.481. The van der Waals surface area contributed by atoms with Crippen LogP contribution < -0.4 is 10.2 Å². The van der Waals surface area contributed by atoms with E-state index in [-0.39, 0.29) is 12.2 Å². The summed E-state index contributed by atoms with van der Waals surface area (Å²) in [5.41, 5.74) is 4.74. The Morgan fingerprint density at radius 3 is 2.81 bits per heavy atom. The Morgan fingerprint density at radius 2 is 2.06 bits per heavy atom. The highest BCUT2D eigenvalue weighted by atomic mass is 16.5. The minimum absolute atomic E-state index is 0.107. The average Bonchev–Trinajstić information content (AvgIpc) is 3.37. The van der Waals surface area contributed by atoms with E-state index in [2.05, 4.69) is 66.8 Å². The summed E-state index contributed by atoms with van der Waals surface area (Å²) in [5.74, 6) is 0.968. The number of benzene rings is 1. The molecule has 2 aromatic rings. The third-order valence-electron chi connectivity index (χ3n) is 7.30. The highest BCUT2D eigenvalue weighted by Gasteiger charge is 2.30. The fourth-order valence-electron chi connectivity index (χ4n) is 5.62. The van der Waals surface area contributed by atoms with Crippen LogP contribution in [0, 0.1) is 11.3 Å². The Bertz CT molecular complexity index is 1220. The van der Waals surface area contributed by atoms with Gasteiger partial charge in [0.2, 0.25) is 0 Å². The zero-order valence-corrected chi connectivity index (χ0v) is 21.2. The molecular formula is C27H34N8O. The molecule has 0 unspecified atom stereocenters. The van der Waals surface area contributed by atoms with E-state index in [0.29, 0.717) is 5.56 Å². The van der Waals surface area contributed by atoms with Crippen molar-refractivity contribution in [2.75, 3.05) is 70.9 Å². The van der Waals surface area contributed by atoms with Crippen molar-refractivity contribution in [3.05, 3.63) is 47.4 Å². The Hall–Kier alpha value is -3.32. The van der Waals surface area contributed by atoms with E-state index in [0.717, 1.165) is 87.0 Å². The lowest BCUT2D eigenvalue weighted by atomic mass is 10.1. The lowest BCUT2D eigenvalue weighted by Gasteiger charge is -2.42. The molecule has 3 fully saturated rings. The molecule has 5 rings (SSSR count). The van der Waals surface area contributed by atoms with Crippen LogP contribution in [0.5, 0.6) is 0 Å². The van der Waals surface area contributed by atoms with Crippen molar-refractivity contribution in [3.63, 3.8) is 0 Å². The topological polar surface area (TPSA) is 92.4 Å². The van der Waals surface area contributed by atoms with E-state index in [9.17, 15) is 5.26 Å². The molecule has 3 saturated heterocycles. The number of rotatable bonds is 5. The van der Waals surface area contributed by atoms with Crippen LogP contribution in [0.4, 0.5) is 5.69 Å². The quantitative estimate of drug-likeness (QED) is 0.646. The predicted octanol–water partition coefficient (Wildman–Crippen LogP) is 1.90. The van der Waals surface area contributed by atoms with E-state index in [1.165, 1.54) is 5.57 Å². The summed E-state index contributed by atoms with van der Waals surface area (Å²) in [4.78, 5) is 20.5. The molecule has 9 nitrogen and oxygen atoms in total. The lowest BCUT2D eigenvalue weighted by Crippen LogP contribution is -2.54. The molecule has 2 atom stereocenters. The van der Waals surface area contributed by atoms with Gasteiger partial charge in [-0.2, -0.15) is 5.26 Å². The fourth-order valence-corrected chi connectivity index (χ4v) is 5.62. The molecular weight excluding hydrogens is 452 g/mol. The molecule has 1 aromatic carbocycles. The van der Waals surface area contributed by atoms with Gasteiger partial charge in [0.05, 0.1) is 29.0 Å². The highest BCUT2D eigenvalue weighted by molar-refractivity contribution is 6.04. The number of aliphatic imine (C=N–C) groups is 2. The van der Waals surface area contributed by atoms with Gasteiger partial charge in [0.1, 0.15) is 11.9 Å². The van der Waals surface area contributed by atoms with Crippen LogP contribution in [0.15, 0.2) is 51.8 Å². The molecule has 0 amide bonds. The van der Waals surface area contributed by atoms with Crippen LogP contribution in [0.3, 0.4) is 0 Å². The van der Waals surface area contributed by atoms with E-state index >= 15 is 0 Å². The maximum absolute atomic E-state index is 9.51. The normalized spacial score (nSPS) is 25.9. The number of piperazine rings is 1. The summed E-state index contributed by atoms with van der Waals surface area (Å²) >= 11 is 0. The molecule has 0 spiro atoms. The smallest absolute Gasteiger partial charge is 0.134 e. The number of ether oxygens (including phenoxy) is 1. The van der Waals surface area contributed by atoms with Gasteiger partial charge in [-0.25, -0.2) is 4.99 Å². The SMILES string of the molecule is C=N/C(=C1/CNC/C1=N/C)N1CCN(C[C@H]2CN(c3ccc(C#N)c4ncccc34)C[C@@H](C)O2)CC1. The van der Waals surface area contributed by atoms with Gasteiger partial charge < -0.3 is 19.9 Å². The molecule has 4 heterocycles. The number of hydrogen-bond donors (Lipinski definition) is 1. The van der Waals surface area contributed by atoms with Crippen molar-refractivity contribution in [1.82, 2.24) is 20.1 Å². The van der Waals surface area contributed by atoms with Gasteiger partial charge in [-0.05, 0) is 37.9 Å². The Morgan fingerprint density at radius 1 is 1.22 bits per heavy atom. The summed E-state index contributed by atoms with van der Waals surface area (Å²) in [6.07, 6.45) is 1.98. The Labute approximate surface area is 212 Å². The van der Waals surface area contributed by atoms with Crippen LogP contribution in [-0.4, -0.2) is 105 Å². The van der Waals surface area contributed by atoms with Gasteiger partial charge in [0.25, 0.3) is 0 Å². The maximum Gasteiger partial charge on any atom is 0.134 e. The molecule has 0 aliphatic carbocycles. The number of fused-ring (bicyclic) bond motifs is 1. The first-order valence-electron chi connectivity index (χ1n) is 12.6. The number of hydrogen-bond acceptors (Lipinski definition) is 9. The first-order valence-corrected chi connectivity index (χ1v) is 12.6. The molecule has 36 heavy (non-hydrogen) atoms. The molecule has 188 valence electrons. The van der Waals surface area contributed by atoms with E-state index in [4.69, 9.17) is 4.74 Å². The lowest BCUT2D eigenvalue weighted by molar-refractivity contribution is -0.0367. The second-order valence-electron chi connectivity index (χ2n) is 9.64. The summed E-state index contributed by atoms with van der Waals surface area (Å²) in [6.45, 7) is 13.8. The van der Waals surface area contributed by atoms with Gasteiger partial charge in [-0.1, -0.05) is 0 Å². The summed E-state index contributed by atoms with van der Waals surface area (Å²) in [6, 6.07) is 10.2. The molecule has 3 aliphatic rings. The van der Waals surface area contributed by atoms with Crippen molar-refractivity contribution in [3.8, 4) is 6.07 Å². The average molecular weight is 487 g/mol. The van der Waals surface area contributed by atoms with Crippen LogP contribution in [0.2, 0.25) is 0 Å². The number of morpholine rings is 1. The number of nitrogens with zero attached hydrogens (tertiary/aromatic N) is 7. The van der Waals surface area contributed by atoms with Crippen molar-refractivity contribution in [2.45, 2.75) is 19.1 Å². The van der Waals surface area contributed by atoms with Crippen LogP contribution in [0.25, 0.3) is 10.9 Å². The van der Waals surface area contributed by atoms with E-state index in [1.807, 2.05) is 19.2 Å². The summed E-state index contributed by atoms with van der Waals surface area (Å²) in [5, 5.41) is 13.9. The van der Waals surface area contributed by atoms with Crippen molar-refractivity contribution in [1.29, 1.82) is 5.26 Å². The molecule has 9 heteroatoms. The first kappa shape index (κ1) is 24.4. The minimum atomic E-state index is 0.107. The van der Waals surface area contributed by atoms with Gasteiger partial charge in [0, 0.05) is 88.8 Å². The van der Waals surface area contributed by atoms with Crippen LogP contribution in [-0.2, 0) is 4.74 Å². The van der Waals surface area contributed by atoms with E-state index < -0.39 is 0 Å². The van der Waals surface area contributed by atoms with Gasteiger partial charge in [0.15, 0.2) is 0 Å². The van der Waals surface area contributed by atoms with Crippen molar-refractivity contribution < 1.29 is 4.74 Å². The van der Waals surface area contributed by atoms with Gasteiger partial charge in [-0.3, -0.25) is 14.9 Å². The molecule has 0 bridgehead atoms. The first-order chi connectivity index (χ1) is 17.6. The summed E-state index contributed by atoms with van der Waals surface area (Å²) < 4.78 is 6.38. The zero-order valence-electron chi connectivity index (χ0n) is 21.2. The molecule has 3 aliphatic heterocycles. The Balaban J connectivity index is 1.26. The molecule has 0 saturated carbocycles. The number of aromatic nitrogens is 1. The second-order valence-corrected chi connectivity index (χ2v) is 9.64. The van der Waals surface area contributed by atoms with Crippen LogP contribution >= 0.6 is 0 Å². The Kier molecular flexibility index (Phi) is 7.28. The minimum Gasteiger partial charge on any atom is -0.370 e. The number of anilines is 1. The zero-order chi connectivity index (χ0) is 25.1.